The van der Waals surface area contributed by atoms with Crippen LogP contribution < -0.4 is 15.0 Å². The van der Waals surface area contributed by atoms with Crippen LogP contribution in [-0.2, 0) is 4.74 Å². The first kappa shape index (κ1) is 21.5. The summed E-state index contributed by atoms with van der Waals surface area (Å²) in [6, 6.07) is 6.76. The summed E-state index contributed by atoms with van der Waals surface area (Å²) >= 11 is 0. The van der Waals surface area contributed by atoms with Gasteiger partial charge in [0.1, 0.15) is 11.3 Å². The Balaban J connectivity index is 1.25. The molecule has 1 amide bonds. The van der Waals surface area contributed by atoms with Gasteiger partial charge in [-0.25, -0.2) is 14.4 Å². The Morgan fingerprint density at radius 3 is 2.64 bits per heavy atom. The maximum absolute atomic E-state index is 13.8. The molecule has 1 aliphatic heterocycles. The molecule has 0 unspecified atom stereocenters. The zero-order valence-electron chi connectivity index (χ0n) is 18.2. The lowest BCUT2D eigenvalue weighted by molar-refractivity contribution is 0.0885. The van der Waals surface area contributed by atoms with Crippen LogP contribution in [0.1, 0.15) is 36.2 Å². The van der Waals surface area contributed by atoms with Crippen molar-refractivity contribution in [3.8, 4) is 5.75 Å². The van der Waals surface area contributed by atoms with Gasteiger partial charge in [-0.3, -0.25) is 9.78 Å². The SMILES string of the molecule is O=C(N[C@H]1CC[C@@H](Oc2cc(N3CCOCC3)cc3nccnc23)CC1)c1ncccc1F. The summed E-state index contributed by atoms with van der Waals surface area (Å²) in [7, 11) is 0. The van der Waals surface area contributed by atoms with Crippen molar-refractivity contribution >= 4 is 22.6 Å². The number of ether oxygens (including phenoxy) is 2. The number of carbonyl (C=O) groups excluding carboxylic acids is 1. The van der Waals surface area contributed by atoms with E-state index in [1.165, 1.54) is 18.3 Å². The molecular weight excluding hydrogens is 425 g/mol. The molecule has 1 N–H and O–H groups in total. The van der Waals surface area contributed by atoms with Crippen LogP contribution in [0.4, 0.5) is 10.1 Å². The van der Waals surface area contributed by atoms with Crippen LogP contribution in [0.25, 0.3) is 11.0 Å². The molecule has 0 bridgehead atoms. The zero-order valence-corrected chi connectivity index (χ0v) is 18.2. The van der Waals surface area contributed by atoms with Crippen molar-refractivity contribution in [1.82, 2.24) is 20.3 Å². The largest absolute Gasteiger partial charge is 0.488 e. The minimum absolute atomic E-state index is 0.00915. The fraction of sp³-hybridized carbons (Fsp3) is 0.417. The van der Waals surface area contributed by atoms with Gasteiger partial charge in [0.2, 0.25) is 0 Å². The Labute approximate surface area is 191 Å². The smallest absolute Gasteiger partial charge is 0.273 e. The number of halogens is 1. The first-order valence-corrected chi connectivity index (χ1v) is 11.3. The highest BCUT2D eigenvalue weighted by Gasteiger charge is 2.26. The van der Waals surface area contributed by atoms with Crippen LogP contribution in [0.15, 0.2) is 42.9 Å². The van der Waals surface area contributed by atoms with Crippen LogP contribution in [0, 0.1) is 5.82 Å². The zero-order chi connectivity index (χ0) is 22.6. The molecule has 3 heterocycles. The molecule has 1 saturated heterocycles. The number of benzene rings is 1. The number of carbonyl (C=O) groups is 1. The average Bonchev–Trinajstić information content (AvgIpc) is 2.86. The maximum Gasteiger partial charge on any atom is 0.273 e. The molecule has 1 saturated carbocycles. The monoisotopic (exact) mass is 451 g/mol. The van der Waals surface area contributed by atoms with Gasteiger partial charge in [-0.15, -0.1) is 0 Å². The number of hydrogen-bond acceptors (Lipinski definition) is 7. The normalized spacial score (nSPS) is 21.1. The number of amides is 1. The van der Waals surface area contributed by atoms with Crippen LogP contribution >= 0.6 is 0 Å². The van der Waals surface area contributed by atoms with Gasteiger partial charge in [-0.1, -0.05) is 0 Å². The summed E-state index contributed by atoms with van der Waals surface area (Å²) in [6.45, 7) is 3.05. The van der Waals surface area contributed by atoms with Crippen molar-refractivity contribution in [3.63, 3.8) is 0 Å². The van der Waals surface area contributed by atoms with Crippen molar-refractivity contribution in [2.45, 2.75) is 37.8 Å². The summed E-state index contributed by atoms with van der Waals surface area (Å²) < 4.78 is 25.7. The second kappa shape index (κ2) is 9.66. The van der Waals surface area contributed by atoms with E-state index in [-0.39, 0.29) is 17.8 Å². The van der Waals surface area contributed by atoms with Crippen LogP contribution in [0.3, 0.4) is 0 Å². The number of anilines is 1. The summed E-state index contributed by atoms with van der Waals surface area (Å²) in [5, 5.41) is 2.90. The number of aromatic nitrogens is 3. The van der Waals surface area contributed by atoms with E-state index in [1.54, 1.807) is 12.4 Å². The van der Waals surface area contributed by atoms with Gasteiger partial charge in [-0.05, 0) is 43.9 Å². The Morgan fingerprint density at radius 1 is 1.06 bits per heavy atom. The molecule has 3 aromatic rings. The second-order valence-corrected chi connectivity index (χ2v) is 8.37. The van der Waals surface area contributed by atoms with Gasteiger partial charge in [-0.2, -0.15) is 0 Å². The summed E-state index contributed by atoms with van der Waals surface area (Å²) in [6.07, 6.45) is 7.84. The van der Waals surface area contributed by atoms with E-state index in [2.05, 4.69) is 25.2 Å². The van der Waals surface area contributed by atoms with Gasteiger partial charge in [0.15, 0.2) is 11.5 Å². The predicted molar refractivity (Wildman–Crippen MR) is 121 cm³/mol. The molecule has 0 spiro atoms. The minimum Gasteiger partial charge on any atom is -0.488 e. The van der Waals surface area contributed by atoms with Crippen molar-refractivity contribution in [2.75, 3.05) is 31.2 Å². The van der Waals surface area contributed by atoms with Gasteiger partial charge in [0.25, 0.3) is 5.91 Å². The molecule has 2 aromatic heterocycles. The molecule has 9 heteroatoms. The summed E-state index contributed by atoms with van der Waals surface area (Å²) in [4.78, 5) is 27.5. The quantitative estimate of drug-likeness (QED) is 0.638. The van der Waals surface area contributed by atoms with E-state index in [0.717, 1.165) is 61.2 Å². The maximum atomic E-state index is 13.8. The first-order valence-electron chi connectivity index (χ1n) is 11.3. The second-order valence-electron chi connectivity index (χ2n) is 8.37. The molecule has 2 fully saturated rings. The summed E-state index contributed by atoms with van der Waals surface area (Å²) in [5.41, 5.74) is 2.44. The third-order valence-corrected chi connectivity index (χ3v) is 6.18. The molecule has 1 aromatic carbocycles. The van der Waals surface area contributed by atoms with Gasteiger partial charge >= 0.3 is 0 Å². The number of pyridine rings is 1. The Hall–Kier alpha value is -3.33. The van der Waals surface area contributed by atoms with Gasteiger partial charge in [0, 0.05) is 49.5 Å². The third kappa shape index (κ3) is 4.88. The highest BCUT2D eigenvalue weighted by Crippen LogP contribution is 2.33. The molecule has 5 rings (SSSR count). The lowest BCUT2D eigenvalue weighted by Crippen LogP contribution is -2.40. The number of nitrogens with one attached hydrogen (secondary N) is 1. The molecular formula is C24H26FN5O3. The van der Waals surface area contributed by atoms with E-state index in [0.29, 0.717) is 13.2 Å². The van der Waals surface area contributed by atoms with E-state index in [9.17, 15) is 9.18 Å². The van der Waals surface area contributed by atoms with E-state index < -0.39 is 11.7 Å². The highest BCUT2D eigenvalue weighted by atomic mass is 19.1. The van der Waals surface area contributed by atoms with Crippen LogP contribution in [-0.4, -0.2) is 59.3 Å². The van der Waals surface area contributed by atoms with E-state index in [1.807, 2.05) is 12.1 Å². The Bertz CT molecular complexity index is 1130. The Kier molecular flexibility index (Phi) is 6.30. The third-order valence-electron chi connectivity index (χ3n) is 6.18. The molecule has 172 valence electrons. The topological polar surface area (TPSA) is 89.5 Å². The minimum atomic E-state index is -0.611. The van der Waals surface area contributed by atoms with E-state index in [4.69, 9.17) is 9.47 Å². The van der Waals surface area contributed by atoms with Crippen molar-refractivity contribution in [3.05, 3.63) is 54.4 Å². The van der Waals surface area contributed by atoms with Crippen molar-refractivity contribution < 1.29 is 18.7 Å². The Morgan fingerprint density at radius 2 is 1.85 bits per heavy atom. The summed E-state index contributed by atoms with van der Waals surface area (Å²) in [5.74, 6) is -0.359. The lowest BCUT2D eigenvalue weighted by atomic mass is 9.92. The van der Waals surface area contributed by atoms with Crippen LogP contribution in [0.2, 0.25) is 0 Å². The highest BCUT2D eigenvalue weighted by molar-refractivity contribution is 5.92. The molecule has 1 aliphatic carbocycles. The fourth-order valence-electron chi connectivity index (χ4n) is 4.43. The number of fused-ring (bicyclic) bond motifs is 1. The van der Waals surface area contributed by atoms with Crippen LogP contribution in [0.5, 0.6) is 5.75 Å². The lowest BCUT2D eigenvalue weighted by Gasteiger charge is -2.31. The molecule has 0 atom stereocenters. The number of hydrogen-bond donors (Lipinski definition) is 1. The average molecular weight is 452 g/mol. The van der Waals surface area contributed by atoms with Gasteiger partial charge < -0.3 is 19.7 Å². The molecule has 0 radical (unpaired) electrons. The van der Waals surface area contributed by atoms with Crippen molar-refractivity contribution in [1.29, 1.82) is 0 Å². The molecule has 2 aliphatic rings. The standard InChI is InChI=1S/C24H26FN5O3/c25-19-2-1-7-27-22(19)24(31)29-16-3-5-18(6-4-16)33-21-15-17(30-10-12-32-13-11-30)14-20-23(21)28-9-8-26-20/h1-2,7-9,14-16,18H,3-6,10-13H2,(H,29,31)/t16-,18+. The number of rotatable bonds is 5. The first-order chi connectivity index (χ1) is 16.2. The van der Waals surface area contributed by atoms with Crippen molar-refractivity contribution in [2.24, 2.45) is 0 Å². The number of morpholine rings is 1. The van der Waals surface area contributed by atoms with Gasteiger partial charge in [0.05, 0.1) is 24.8 Å². The predicted octanol–water partition coefficient (Wildman–Crippen LogP) is 3.12. The molecule has 33 heavy (non-hydrogen) atoms. The molecule has 8 nitrogen and oxygen atoms in total. The fourth-order valence-corrected chi connectivity index (χ4v) is 4.43. The number of nitrogens with zero attached hydrogens (tertiary/aromatic N) is 4. The van der Waals surface area contributed by atoms with E-state index >= 15 is 0 Å².